The first-order chi connectivity index (χ1) is 15.2. The number of ether oxygens (including phenoxy) is 1. The van der Waals surface area contributed by atoms with Crippen LogP contribution in [-0.4, -0.2) is 48.4 Å². The number of hydrogen-bond acceptors (Lipinski definition) is 6. The number of aromatic nitrogens is 2. The number of sulfonamides is 1. The Morgan fingerprint density at radius 2 is 1.72 bits per heavy atom. The van der Waals surface area contributed by atoms with Gasteiger partial charge in [-0.1, -0.05) is 35.4 Å². The van der Waals surface area contributed by atoms with Crippen molar-refractivity contribution >= 4 is 27.4 Å². The minimum absolute atomic E-state index is 0.222. The summed E-state index contributed by atoms with van der Waals surface area (Å²) in [6, 6.07) is 14.0. The standard InChI is InChI=1S/C23H25ClN4O3S/c1-16-4-7-19(8-5-16)32(29,30)28-11-10-27(14-18(28)3)22-13-23(26-15-25-22)31-21-12-17(2)6-9-20(21)24/h4-9,12-13,15,18H,10-11,14H2,1-3H3/t18-/m0/s1. The van der Waals surface area contributed by atoms with Gasteiger partial charge in [-0.15, -0.1) is 0 Å². The molecule has 0 bridgehead atoms. The fraction of sp³-hybridized carbons (Fsp3) is 0.304. The van der Waals surface area contributed by atoms with Crippen molar-refractivity contribution in [2.75, 3.05) is 24.5 Å². The Morgan fingerprint density at radius 1 is 1.00 bits per heavy atom. The van der Waals surface area contributed by atoms with Crippen molar-refractivity contribution in [3.63, 3.8) is 0 Å². The molecule has 0 unspecified atom stereocenters. The van der Waals surface area contributed by atoms with Gasteiger partial charge in [0.05, 0.1) is 9.92 Å². The molecule has 0 saturated carbocycles. The molecule has 32 heavy (non-hydrogen) atoms. The van der Waals surface area contributed by atoms with Crippen molar-refractivity contribution in [2.24, 2.45) is 0 Å². The van der Waals surface area contributed by atoms with Crippen LogP contribution in [0.5, 0.6) is 11.6 Å². The maximum atomic E-state index is 13.1. The molecule has 1 aliphatic rings. The molecule has 2 aromatic carbocycles. The molecule has 0 spiro atoms. The molecular weight excluding hydrogens is 448 g/mol. The summed E-state index contributed by atoms with van der Waals surface area (Å²) in [5.41, 5.74) is 2.05. The molecule has 9 heteroatoms. The predicted octanol–water partition coefficient (Wildman–Crippen LogP) is 4.44. The second-order valence-corrected chi connectivity index (χ2v) is 10.3. The van der Waals surface area contributed by atoms with E-state index in [1.807, 2.05) is 49.9 Å². The van der Waals surface area contributed by atoms with Gasteiger partial charge in [-0.25, -0.2) is 18.4 Å². The van der Waals surface area contributed by atoms with Gasteiger partial charge in [0.25, 0.3) is 0 Å². The van der Waals surface area contributed by atoms with Gasteiger partial charge in [-0.3, -0.25) is 0 Å². The Balaban J connectivity index is 1.49. The van der Waals surface area contributed by atoms with Crippen LogP contribution in [0.4, 0.5) is 5.82 Å². The van der Waals surface area contributed by atoms with Crippen LogP contribution in [0.15, 0.2) is 59.8 Å². The number of anilines is 1. The Bertz CT molecular complexity index is 1220. The molecule has 1 saturated heterocycles. The van der Waals surface area contributed by atoms with E-state index in [1.165, 1.54) is 6.33 Å². The normalized spacial score (nSPS) is 17.4. The van der Waals surface area contributed by atoms with Crippen molar-refractivity contribution in [2.45, 2.75) is 31.7 Å². The first kappa shape index (κ1) is 22.5. The Hall–Kier alpha value is -2.68. The van der Waals surface area contributed by atoms with E-state index < -0.39 is 10.0 Å². The van der Waals surface area contributed by atoms with Crippen molar-refractivity contribution < 1.29 is 13.2 Å². The van der Waals surface area contributed by atoms with Crippen LogP contribution >= 0.6 is 11.6 Å². The lowest BCUT2D eigenvalue weighted by Gasteiger charge is -2.39. The van der Waals surface area contributed by atoms with Crippen molar-refractivity contribution in [1.29, 1.82) is 0 Å². The van der Waals surface area contributed by atoms with Gasteiger partial charge in [0, 0.05) is 31.7 Å². The lowest BCUT2D eigenvalue weighted by molar-refractivity contribution is 0.305. The van der Waals surface area contributed by atoms with E-state index in [0.717, 1.165) is 11.1 Å². The molecular formula is C23H25ClN4O3S. The Kier molecular flexibility index (Phi) is 6.37. The summed E-state index contributed by atoms with van der Waals surface area (Å²) in [6.45, 7) is 7.18. The smallest absolute Gasteiger partial charge is 0.243 e. The lowest BCUT2D eigenvalue weighted by Crippen LogP contribution is -2.54. The first-order valence-electron chi connectivity index (χ1n) is 10.3. The molecule has 1 fully saturated rings. The van der Waals surface area contributed by atoms with Gasteiger partial charge < -0.3 is 9.64 Å². The SMILES string of the molecule is Cc1ccc(S(=O)(=O)N2CCN(c3cc(Oc4cc(C)ccc4Cl)ncn3)C[C@@H]2C)cc1. The largest absolute Gasteiger partial charge is 0.437 e. The quantitative estimate of drug-likeness (QED) is 0.546. The van der Waals surface area contributed by atoms with E-state index >= 15 is 0 Å². The van der Waals surface area contributed by atoms with Gasteiger partial charge in [-0.05, 0) is 50.6 Å². The third-order valence-electron chi connectivity index (χ3n) is 5.45. The van der Waals surface area contributed by atoms with E-state index in [1.54, 1.807) is 28.6 Å². The minimum atomic E-state index is -3.56. The first-order valence-corrected chi connectivity index (χ1v) is 12.2. The molecule has 1 atom stereocenters. The molecule has 0 radical (unpaired) electrons. The summed E-state index contributed by atoms with van der Waals surface area (Å²) in [7, 11) is -3.56. The highest BCUT2D eigenvalue weighted by molar-refractivity contribution is 7.89. The molecule has 0 amide bonds. The molecule has 0 aliphatic carbocycles. The highest BCUT2D eigenvalue weighted by Gasteiger charge is 2.34. The monoisotopic (exact) mass is 472 g/mol. The van der Waals surface area contributed by atoms with Crippen LogP contribution in [0.2, 0.25) is 5.02 Å². The molecule has 2 heterocycles. The minimum Gasteiger partial charge on any atom is -0.437 e. The second kappa shape index (κ2) is 9.05. The zero-order chi connectivity index (χ0) is 22.9. The van der Waals surface area contributed by atoms with Gasteiger partial charge >= 0.3 is 0 Å². The summed E-state index contributed by atoms with van der Waals surface area (Å²) >= 11 is 6.23. The number of benzene rings is 2. The second-order valence-electron chi connectivity index (χ2n) is 7.97. The van der Waals surface area contributed by atoms with E-state index in [9.17, 15) is 8.42 Å². The van der Waals surface area contributed by atoms with Gasteiger partial charge in [-0.2, -0.15) is 4.31 Å². The summed E-state index contributed by atoms with van der Waals surface area (Å²) in [6.07, 6.45) is 1.44. The van der Waals surface area contributed by atoms with Crippen molar-refractivity contribution in [3.8, 4) is 11.6 Å². The third-order valence-corrected chi connectivity index (χ3v) is 7.79. The van der Waals surface area contributed by atoms with Crippen LogP contribution in [0, 0.1) is 13.8 Å². The maximum Gasteiger partial charge on any atom is 0.243 e. The average molecular weight is 473 g/mol. The van der Waals surface area contributed by atoms with Crippen molar-refractivity contribution in [3.05, 3.63) is 71.0 Å². The molecule has 7 nitrogen and oxygen atoms in total. The zero-order valence-electron chi connectivity index (χ0n) is 18.2. The molecule has 168 valence electrons. The Labute approximate surface area is 193 Å². The van der Waals surface area contributed by atoms with Crippen molar-refractivity contribution in [1.82, 2.24) is 14.3 Å². The predicted molar refractivity (Wildman–Crippen MR) is 125 cm³/mol. The highest BCUT2D eigenvalue weighted by Crippen LogP contribution is 2.31. The fourth-order valence-electron chi connectivity index (χ4n) is 3.71. The number of rotatable bonds is 5. The van der Waals surface area contributed by atoms with Crippen LogP contribution in [0.3, 0.4) is 0 Å². The fourth-order valence-corrected chi connectivity index (χ4v) is 5.48. The van der Waals surface area contributed by atoms with Crippen LogP contribution in [0.25, 0.3) is 0 Å². The average Bonchev–Trinajstić information content (AvgIpc) is 2.76. The summed E-state index contributed by atoms with van der Waals surface area (Å²) in [5, 5.41) is 0.499. The number of nitrogens with zero attached hydrogens (tertiary/aromatic N) is 4. The van der Waals surface area contributed by atoms with E-state index in [4.69, 9.17) is 16.3 Å². The lowest BCUT2D eigenvalue weighted by atomic mass is 10.2. The topological polar surface area (TPSA) is 75.6 Å². The van der Waals surface area contributed by atoms with Crippen LogP contribution in [0.1, 0.15) is 18.1 Å². The van der Waals surface area contributed by atoms with Crippen LogP contribution < -0.4 is 9.64 Å². The molecule has 1 aromatic heterocycles. The maximum absolute atomic E-state index is 13.1. The highest BCUT2D eigenvalue weighted by atomic mass is 35.5. The van der Waals surface area contributed by atoms with E-state index in [-0.39, 0.29) is 6.04 Å². The number of piperazine rings is 1. The summed E-state index contributed by atoms with van der Waals surface area (Å²) in [4.78, 5) is 10.9. The van der Waals surface area contributed by atoms with E-state index in [2.05, 4.69) is 9.97 Å². The molecule has 0 N–H and O–H groups in total. The Morgan fingerprint density at radius 3 is 2.44 bits per heavy atom. The zero-order valence-corrected chi connectivity index (χ0v) is 19.8. The van der Waals surface area contributed by atoms with Gasteiger partial charge in [0.1, 0.15) is 17.9 Å². The van der Waals surface area contributed by atoms with Crippen LogP contribution in [-0.2, 0) is 10.0 Å². The number of halogens is 1. The number of aryl methyl sites for hydroxylation is 2. The third kappa shape index (κ3) is 4.72. The number of hydrogen-bond donors (Lipinski definition) is 0. The van der Waals surface area contributed by atoms with Gasteiger partial charge in [0.15, 0.2) is 0 Å². The molecule has 3 aromatic rings. The van der Waals surface area contributed by atoms with E-state index in [0.29, 0.717) is 47.0 Å². The summed E-state index contributed by atoms with van der Waals surface area (Å²) < 4.78 is 33.7. The summed E-state index contributed by atoms with van der Waals surface area (Å²) in [5.74, 6) is 1.58. The van der Waals surface area contributed by atoms with Gasteiger partial charge in [0.2, 0.25) is 15.9 Å². The molecule has 1 aliphatic heterocycles. The molecule has 4 rings (SSSR count).